The SMILES string of the molecule is C=C(NC)C(=O)N[C@H](C(=O)N1CCC[C@H]1c1nc(C(=O)c2ccc(F)cc2)cs1)C1CCN(C(=O)c2ccc(N3CCC(CCOc4cc5ncnc(Nc6n[nH]c(C)c6C)c5cc4S(=O)(=O)C(C)(C)C)CC3)nc2)CC1. The van der Waals surface area contributed by atoms with E-state index in [-0.39, 0.29) is 45.6 Å². The average molecular weight is 1090 g/mol. The van der Waals surface area contributed by atoms with Gasteiger partial charge in [-0.25, -0.2) is 32.7 Å². The van der Waals surface area contributed by atoms with Crippen molar-refractivity contribution < 1.29 is 36.7 Å². The fourth-order valence-electron chi connectivity index (χ4n) is 10.1. The molecule has 7 heterocycles. The maximum Gasteiger partial charge on any atom is 0.267 e. The fourth-order valence-corrected chi connectivity index (χ4v) is 12.4. The van der Waals surface area contributed by atoms with Gasteiger partial charge in [0.2, 0.25) is 11.7 Å². The minimum absolute atomic E-state index is 0.0773. The molecule has 0 radical (unpaired) electrons. The lowest BCUT2D eigenvalue weighted by Gasteiger charge is -2.38. The minimum atomic E-state index is -3.85. The number of benzene rings is 2. The fraction of sp³-hybridized carbons (Fsp3) is 0.436. The summed E-state index contributed by atoms with van der Waals surface area (Å²) < 4.78 is 46.8. The first-order chi connectivity index (χ1) is 36.8. The number of likely N-dealkylation sites (N-methyl/N-ethyl adjacent to an activating group) is 1. The van der Waals surface area contributed by atoms with Gasteiger partial charge in [-0.3, -0.25) is 24.3 Å². The molecule has 0 bridgehead atoms. The summed E-state index contributed by atoms with van der Waals surface area (Å²) in [5.41, 5.74) is 3.45. The first-order valence-electron chi connectivity index (χ1n) is 26.0. The van der Waals surface area contributed by atoms with Gasteiger partial charge in [0, 0.05) is 79.6 Å². The Bertz CT molecular complexity index is 3290. The van der Waals surface area contributed by atoms with Crippen LogP contribution in [0.25, 0.3) is 10.9 Å². The number of thiazole rings is 1. The number of aromatic nitrogens is 6. The minimum Gasteiger partial charge on any atom is -0.492 e. The standard InChI is InChI=1S/C55H65FN12O7S2/c1-32-33(2)64-65-49(32)63-50-40-27-45(77(73,74)55(4,5)6)44(28-41(40)59-31-60-50)75-26-20-35-16-22-66(23-17-35)46-15-12-38(29-58-46)53(71)67-24-18-36(19-25-67)47(62-51(70)34(3)57-7)54(72)68-21-8-9-43(68)52-61-42(30-76-52)48(69)37-10-13-39(56)14-11-37/h10-15,27-31,35-36,43,47,57H,3,8-9,16-26H2,1-2,4-7H3,(H,62,70)(H2,59,60,63,64,65)/t43-,47-/m0/s1. The van der Waals surface area contributed by atoms with Gasteiger partial charge >= 0.3 is 0 Å². The zero-order valence-corrected chi connectivity index (χ0v) is 45.8. The molecule has 3 fully saturated rings. The normalized spacial score (nSPS) is 17.1. The summed E-state index contributed by atoms with van der Waals surface area (Å²) in [4.78, 5) is 78.9. The maximum absolute atomic E-state index is 14.6. The van der Waals surface area contributed by atoms with Crippen LogP contribution in [-0.4, -0.2) is 129 Å². The third kappa shape index (κ3) is 11.7. The summed E-state index contributed by atoms with van der Waals surface area (Å²) in [7, 11) is -2.26. The lowest BCUT2D eigenvalue weighted by Crippen LogP contribution is -2.55. The Morgan fingerprint density at radius 1 is 0.922 bits per heavy atom. The number of aromatic amines is 1. The number of fused-ring (bicyclic) bond motifs is 1. The molecular weight excluding hydrogens is 1020 g/mol. The van der Waals surface area contributed by atoms with E-state index < -0.39 is 38.4 Å². The predicted octanol–water partition coefficient (Wildman–Crippen LogP) is 7.63. The zero-order chi connectivity index (χ0) is 54.8. The molecule has 3 amide bonds. The molecule has 19 nitrogen and oxygen atoms in total. The second-order valence-corrected chi connectivity index (χ2v) is 24.5. The van der Waals surface area contributed by atoms with Crippen LogP contribution in [0.1, 0.15) is 114 Å². The summed E-state index contributed by atoms with van der Waals surface area (Å²) >= 11 is 1.29. The van der Waals surface area contributed by atoms with Crippen LogP contribution in [0.3, 0.4) is 0 Å². The molecule has 4 N–H and O–H groups in total. The average Bonchev–Trinajstić information content (AvgIpc) is 4.24. The lowest BCUT2D eigenvalue weighted by atomic mass is 9.88. The second-order valence-electron chi connectivity index (χ2n) is 21.0. The molecule has 406 valence electrons. The molecule has 2 aromatic carbocycles. The number of aryl methyl sites for hydroxylation is 1. The van der Waals surface area contributed by atoms with E-state index in [2.05, 4.69) is 52.6 Å². The molecule has 6 aromatic rings. The molecule has 2 atom stereocenters. The molecule has 3 aliphatic heterocycles. The molecule has 0 saturated carbocycles. The molecule has 0 unspecified atom stereocenters. The Morgan fingerprint density at radius 3 is 2.31 bits per heavy atom. The number of anilines is 3. The van der Waals surface area contributed by atoms with Crippen molar-refractivity contribution in [2.45, 2.75) is 101 Å². The number of H-pyrrole nitrogens is 1. The van der Waals surface area contributed by atoms with Gasteiger partial charge in [0.25, 0.3) is 11.8 Å². The highest BCUT2D eigenvalue weighted by atomic mass is 32.2. The van der Waals surface area contributed by atoms with Gasteiger partial charge in [-0.1, -0.05) is 6.58 Å². The number of amides is 3. The van der Waals surface area contributed by atoms with Gasteiger partial charge in [-0.15, -0.1) is 11.3 Å². The number of ketones is 1. The summed E-state index contributed by atoms with van der Waals surface area (Å²) in [6.07, 6.45) is 7.77. The third-order valence-electron chi connectivity index (χ3n) is 15.1. The Balaban J connectivity index is 0.788. The van der Waals surface area contributed by atoms with Crippen molar-refractivity contribution in [3.63, 3.8) is 0 Å². The number of hydrogen-bond donors (Lipinski definition) is 4. The number of carbonyl (C=O) groups is 4. The molecule has 22 heteroatoms. The number of sulfone groups is 1. The summed E-state index contributed by atoms with van der Waals surface area (Å²) in [5, 5.41) is 19.0. The van der Waals surface area contributed by atoms with Gasteiger partial charge in [-0.2, -0.15) is 5.10 Å². The number of hydrogen-bond acceptors (Lipinski definition) is 16. The Labute approximate surface area is 451 Å². The molecule has 3 aliphatic rings. The van der Waals surface area contributed by atoms with Crippen LogP contribution >= 0.6 is 11.3 Å². The number of piperidine rings is 2. The van der Waals surface area contributed by atoms with Crippen LogP contribution in [0.2, 0.25) is 0 Å². The number of rotatable bonds is 17. The molecule has 3 saturated heterocycles. The topological polar surface area (TPSA) is 238 Å². The smallest absolute Gasteiger partial charge is 0.267 e. The highest BCUT2D eigenvalue weighted by Crippen LogP contribution is 2.39. The van der Waals surface area contributed by atoms with Crippen molar-refractivity contribution in [3.8, 4) is 5.75 Å². The first-order valence-corrected chi connectivity index (χ1v) is 28.4. The van der Waals surface area contributed by atoms with Crippen LogP contribution in [0.15, 0.2) is 83.6 Å². The largest absolute Gasteiger partial charge is 0.492 e. The number of pyridine rings is 1. The zero-order valence-electron chi connectivity index (χ0n) is 44.2. The molecule has 0 aliphatic carbocycles. The van der Waals surface area contributed by atoms with Crippen molar-refractivity contribution in [2.24, 2.45) is 11.8 Å². The van der Waals surface area contributed by atoms with Crippen molar-refractivity contribution >= 4 is 73.0 Å². The van der Waals surface area contributed by atoms with Crippen LogP contribution in [0.5, 0.6) is 5.75 Å². The van der Waals surface area contributed by atoms with E-state index in [1.165, 1.54) is 41.9 Å². The highest BCUT2D eigenvalue weighted by molar-refractivity contribution is 7.92. The van der Waals surface area contributed by atoms with E-state index in [1.54, 1.807) is 67.4 Å². The van der Waals surface area contributed by atoms with E-state index in [4.69, 9.17) is 9.72 Å². The van der Waals surface area contributed by atoms with Crippen molar-refractivity contribution in [3.05, 3.63) is 118 Å². The number of halogens is 1. The number of nitrogens with one attached hydrogen (secondary N) is 4. The number of likely N-dealkylation sites (tertiary alicyclic amines) is 2. The van der Waals surface area contributed by atoms with E-state index >= 15 is 0 Å². The molecule has 4 aromatic heterocycles. The lowest BCUT2D eigenvalue weighted by molar-refractivity contribution is -0.138. The van der Waals surface area contributed by atoms with Crippen LogP contribution in [-0.2, 0) is 19.4 Å². The maximum atomic E-state index is 14.6. The van der Waals surface area contributed by atoms with Crippen LogP contribution in [0, 0.1) is 31.5 Å². The molecular formula is C55H65FN12O7S2. The third-order valence-corrected chi connectivity index (χ3v) is 18.6. The van der Waals surface area contributed by atoms with E-state index in [0.717, 1.165) is 49.4 Å². The Kier molecular flexibility index (Phi) is 16.1. The Morgan fingerprint density at radius 2 is 1.65 bits per heavy atom. The quantitative estimate of drug-likeness (QED) is 0.0508. The van der Waals surface area contributed by atoms with Crippen LogP contribution in [0.4, 0.5) is 21.8 Å². The number of ether oxygens (including phenoxy) is 1. The van der Waals surface area contributed by atoms with Gasteiger partial charge < -0.3 is 35.4 Å². The Hall–Kier alpha value is -7.33. The molecule has 9 rings (SSSR count). The first kappa shape index (κ1) is 54.5. The van der Waals surface area contributed by atoms with E-state index in [0.29, 0.717) is 96.5 Å². The molecule has 77 heavy (non-hydrogen) atoms. The van der Waals surface area contributed by atoms with Gasteiger partial charge in [0.05, 0.1) is 34.2 Å². The van der Waals surface area contributed by atoms with E-state index in [1.807, 2.05) is 19.9 Å². The monoisotopic (exact) mass is 1090 g/mol. The van der Waals surface area contributed by atoms with Crippen LogP contribution < -0.4 is 25.6 Å². The predicted molar refractivity (Wildman–Crippen MR) is 291 cm³/mol. The second kappa shape index (κ2) is 22.7. The highest BCUT2D eigenvalue weighted by Gasteiger charge is 2.42. The number of carbonyl (C=O) groups excluding carboxylic acids is 4. The molecule has 0 spiro atoms. The summed E-state index contributed by atoms with van der Waals surface area (Å²) in [6.45, 7) is 15.6. The van der Waals surface area contributed by atoms with Crippen molar-refractivity contribution in [2.75, 3.05) is 56.6 Å². The van der Waals surface area contributed by atoms with Gasteiger partial charge in [0.1, 0.15) is 51.2 Å². The summed E-state index contributed by atoms with van der Waals surface area (Å²) in [5.74, 6) is 0.386. The van der Waals surface area contributed by atoms with E-state index in [9.17, 15) is 32.0 Å². The van der Waals surface area contributed by atoms with Crippen molar-refractivity contribution in [1.82, 2.24) is 50.6 Å². The van der Waals surface area contributed by atoms with Gasteiger partial charge in [-0.05, 0) is 134 Å². The summed E-state index contributed by atoms with van der Waals surface area (Å²) in [6, 6.07) is 10.9. The number of nitrogens with zero attached hydrogens (tertiary/aromatic N) is 8. The van der Waals surface area contributed by atoms with Crippen molar-refractivity contribution in [1.29, 1.82) is 0 Å². The van der Waals surface area contributed by atoms with Gasteiger partial charge in [0.15, 0.2) is 15.7 Å².